The predicted molar refractivity (Wildman–Crippen MR) is 82.7 cm³/mol. The molecular weight excluding hydrogens is 290 g/mol. The SMILES string of the molecule is Cc1cc(OCC(=O)Nc2cccc(CO)c2)ccc1Cl. The fourth-order valence-electron chi connectivity index (χ4n) is 1.80. The minimum absolute atomic E-state index is 0.0652. The summed E-state index contributed by atoms with van der Waals surface area (Å²) in [5.74, 6) is 0.328. The fraction of sp³-hybridized carbons (Fsp3) is 0.188. The molecule has 0 spiro atoms. The van der Waals surface area contributed by atoms with Crippen LogP contribution in [-0.2, 0) is 11.4 Å². The van der Waals surface area contributed by atoms with Crippen LogP contribution < -0.4 is 10.1 Å². The molecule has 0 saturated heterocycles. The molecule has 2 N–H and O–H groups in total. The summed E-state index contributed by atoms with van der Waals surface area (Å²) < 4.78 is 5.41. The minimum Gasteiger partial charge on any atom is -0.484 e. The van der Waals surface area contributed by atoms with Gasteiger partial charge in [-0.25, -0.2) is 0 Å². The van der Waals surface area contributed by atoms with Gasteiger partial charge in [0, 0.05) is 10.7 Å². The van der Waals surface area contributed by atoms with Crippen LogP contribution in [0.15, 0.2) is 42.5 Å². The highest BCUT2D eigenvalue weighted by atomic mass is 35.5. The van der Waals surface area contributed by atoms with E-state index in [4.69, 9.17) is 21.4 Å². The van der Waals surface area contributed by atoms with Gasteiger partial charge >= 0.3 is 0 Å². The lowest BCUT2D eigenvalue weighted by molar-refractivity contribution is -0.118. The van der Waals surface area contributed by atoms with Crippen LogP contribution in [0.25, 0.3) is 0 Å². The van der Waals surface area contributed by atoms with Crippen molar-refractivity contribution in [2.75, 3.05) is 11.9 Å². The lowest BCUT2D eigenvalue weighted by Crippen LogP contribution is -2.20. The number of ether oxygens (including phenoxy) is 1. The Labute approximate surface area is 128 Å². The summed E-state index contributed by atoms with van der Waals surface area (Å²) in [5, 5.41) is 12.4. The molecule has 21 heavy (non-hydrogen) atoms. The normalized spacial score (nSPS) is 10.2. The van der Waals surface area contributed by atoms with Crippen LogP contribution in [0.1, 0.15) is 11.1 Å². The average Bonchev–Trinajstić information content (AvgIpc) is 2.48. The molecule has 2 aromatic rings. The van der Waals surface area contributed by atoms with Crippen molar-refractivity contribution in [3.63, 3.8) is 0 Å². The summed E-state index contributed by atoms with van der Waals surface area (Å²) in [5.41, 5.74) is 2.26. The Morgan fingerprint density at radius 1 is 1.29 bits per heavy atom. The molecule has 0 fully saturated rings. The number of aliphatic hydroxyl groups is 1. The Balaban J connectivity index is 1.90. The van der Waals surface area contributed by atoms with Crippen molar-refractivity contribution in [2.45, 2.75) is 13.5 Å². The molecule has 2 aromatic carbocycles. The molecule has 1 amide bonds. The molecule has 0 atom stereocenters. The van der Waals surface area contributed by atoms with Gasteiger partial charge in [-0.2, -0.15) is 0 Å². The summed E-state index contributed by atoms with van der Waals surface area (Å²) in [7, 11) is 0. The summed E-state index contributed by atoms with van der Waals surface area (Å²) in [4.78, 5) is 11.8. The highest BCUT2D eigenvalue weighted by Gasteiger charge is 2.05. The number of anilines is 1. The molecule has 4 nitrogen and oxygen atoms in total. The first-order chi connectivity index (χ1) is 10.1. The predicted octanol–water partition coefficient (Wildman–Crippen LogP) is 3.16. The summed E-state index contributed by atoms with van der Waals surface area (Å²) in [6.45, 7) is 1.71. The summed E-state index contributed by atoms with van der Waals surface area (Å²) >= 11 is 5.92. The van der Waals surface area contributed by atoms with Crippen molar-refractivity contribution in [3.8, 4) is 5.75 Å². The molecule has 0 unspecified atom stereocenters. The van der Waals surface area contributed by atoms with E-state index in [9.17, 15) is 4.79 Å². The zero-order valence-corrected chi connectivity index (χ0v) is 12.4. The van der Waals surface area contributed by atoms with Gasteiger partial charge in [0.1, 0.15) is 5.75 Å². The smallest absolute Gasteiger partial charge is 0.262 e. The first-order valence-corrected chi connectivity index (χ1v) is 6.85. The number of aryl methyl sites for hydroxylation is 1. The lowest BCUT2D eigenvalue weighted by Gasteiger charge is -2.09. The van der Waals surface area contributed by atoms with E-state index in [1.54, 1.807) is 42.5 Å². The topological polar surface area (TPSA) is 58.6 Å². The first-order valence-electron chi connectivity index (χ1n) is 6.47. The molecule has 0 aliphatic rings. The number of carbonyl (C=O) groups excluding carboxylic acids is 1. The molecule has 0 aromatic heterocycles. The molecule has 0 saturated carbocycles. The summed E-state index contributed by atoms with van der Waals surface area (Å²) in [6.07, 6.45) is 0. The van der Waals surface area contributed by atoms with E-state index in [1.807, 2.05) is 6.92 Å². The van der Waals surface area contributed by atoms with Crippen LogP contribution in [-0.4, -0.2) is 17.6 Å². The van der Waals surface area contributed by atoms with Crippen LogP contribution in [0.4, 0.5) is 5.69 Å². The maximum absolute atomic E-state index is 11.8. The molecule has 5 heteroatoms. The molecule has 0 aliphatic carbocycles. The van der Waals surface area contributed by atoms with Gasteiger partial charge in [-0.15, -0.1) is 0 Å². The van der Waals surface area contributed by atoms with Crippen LogP contribution in [0.5, 0.6) is 5.75 Å². The Morgan fingerprint density at radius 3 is 2.81 bits per heavy atom. The quantitative estimate of drug-likeness (QED) is 0.892. The third-order valence-corrected chi connectivity index (χ3v) is 3.32. The Bertz CT molecular complexity index is 643. The molecule has 0 bridgehead atoms. The van der Waals surface area contributed by atoms with Crippen molar-refractivity contribution in [1.82, 2.24) is 0 Å². The van der Waals surface area contributed by atoms with E-state index in [2.05, 4.69) is 5.32 Å². The van der Waals surface area contributed by atoms with Crippen LogP contribution in [0.2, 0.25) is 5.02 Å². The monoisotopic (exact) mass is 305 g/mol. The van der Waals surface area contributed by atoms with Crippen molar-refractivity contribution >= 4 is 23.2 Å². The van der Waals surface area contributed by atoms with E-state index in [1.165, 1.54) is 0 Å². The van der Waals surface area contributed by atoms with Crippen LogP contribution >= 0.6 is 11.6 Å². The average molecular weight is 306 g/mol. The Hall–Kier alpha value is -2.04. The number of amides is 1. The second-order valence-electron chi connectivity index (χ2n) is 4.61. The number of nitrogens with one attached hydrogen (secondary N) is 1. The lowest BCUT2D eigenvalue weighted by atomic mass is 10.2. The zero-order valence-electron chi connectivity index (χ0n) is 11.6. The Kier molecular flexibility index (Phi) is 5.20. The molecular formula is C16H16ClNO3. The number of carbonyl (C=O) groups is 1. The maximum atomic E-state index is 11.8. The summed E-state index contributed by atoms with van der Waals surface area (Å²) in [6, 6.07) is 12.2. The molecule has 0 heterocycles. The van der Waals surface area contributed by atoms with Gasteiger partial charge in [-0.3, -0.25) is 4.79 Å². The highest BCUT2D eigenvalue weighted by Crippen LogP contribution is 2.21. The second-order valence-corrected chi connectivity index (χ2v) is 5.01. The van der Waals surface area contributed by atoms with Gasteiger partial charge in [-0.1, -0.05) is 23.7 Å². The standard InChI is InChI=1S/C16H16ClNO3/c1-11-7-14(5-6-15(11)17)21-10-16(20)18-13-4-2-3-12(8-13)9-19/h2-8,19H,9-10H2,1H3,(H,18,20). The van der Waals surface area contributed by atoms with Crippen molar-refractivity contribution in [2.24, 2.45) is 0 Å². The molecule has 0 aliphatic heterocycles. The zero-order chi connectivity index (χ0) is 15.2. The molecule has 110 valence electrons. The number of halogens is 1. The van der Waals surface area contributed by atoms with Gasteiger partial charge in [-0.05, 0) is 48.4 Å². The number of benzene rings is 2. The maximum Gasteiger partial charge on any atom is 0.262 e. The largest absolute Gasteiger partial charge is 0.484 e. The highest BCUT2D eigenvalue weighted by molar-refractivity contribution is 6.31. The third-order valence-electron chi connectivity index (χ3n) is 2.89. The number of rotatable bonds is 5. The van der Waals surface area contributed by atoms with E-state index < -0.39 is 0 Å². The number of aliphatic hydroxyl groups excluding tert-OH is 1. The van der Waals surface area contributed by atoms with E-state index in [-0.39, 0.29) is 19.1 Å². The van der Waals surface area contributed by atoms with Crippen LogP contribution in [0, 0.1) is 6.92 Å². The van der Waals surface area contributed by atoms with Crippen molar-refractivity contribution < 1.29 is 14.6 Å². The van der Waals surface area contributed by atoms with Crippen molar-refractivity contribution in [3.05, 3.63) is 58.6 Å². The molecule has 0 radical (unpaired) electrons. The first kappa shape index (κ1) is 15.4. The second kappa shape index (κ2) is 7.11. The third kappa shape index (κ3) is 4.48. The molecule has 2 rings (SSSR count). The van der Waals surface area contributed by atoms with E-state index in [0.717, 1.165) is 11.1 Å². The van der Waals surface area contributed by atoms with Gasteiger partial charge in [0.25, 0.3) is 5.91 Å². The van der Waals surface area contributed by atoms with Crippen LogP contribution in [0.3, 0.4) is 0 Å². The van der Waals surface area contributed by atoms with Gasteiger partial charge in [0.05, 0.1) is 6.61 Å². The van der Waals surface area contributed by atoms with E-state index in [0.29, 0.717) is 16.5 Å². The van der Waals surface area contributed by atoms with E-state index >= 15 is 0 Å². The van der Waals surface area contributed by atoms with Gasteiger partial charge in [0.15, 0.2) is 6.61 Å². The minimum atomic E-state index is -0.266. The Morgan fingerprint density at radius 2 is 2.10 bits per heavy atom. The fourth-order valence-corrected chi connectivity index (χ4v) is 1.92. The van der Waals surface area contributed by atoms with Gasteiger partial charge in [0.2, 0.25) is 0 Å². The number of hydrogen-bond acceptors (Lipinski definition) is 3. The van der Waals surface area contributed by atoms with Gasteiger partial charge < -0.3 is 15.2 Å². The van der Waals surface area contributed by atoms with Crippen molar-refractivity contribution in [1.29, 1.82) is 0 Å². The number of hydrogen-bond donors (Lipinski definition) is 2.